The summed E-state index contributed by atoms with van der Waals surface area (Å²) in [5.41, 5.74) is 0.0185. The van der Waals surface area contributed by atoms with Crippen molar-refractivity contribution in [3.05, 3.63) is 63.4 Å². The molecule has 0 fully saturated rings. The van der Waals surface area contributed by atoms with Gasteiger partial charge in [-0.2, -0.15) is 0 Å². The minimum Gasteiger partial charge on any atom is -0.479 e. The van der Waals surface area contributed by atoms with Crippen molar-refractivity contribution in [3.63, 3.8) is 0 Å². The maximum absolute atomic E-state index is 12.7. The molecule has 0 saturated heterocycles. The van der Waals surface area contributed by atoms with Crippen LogP contribution in [0.5, 0.6) is 17.2 Å². The standard InChI is InChI=1S/C20H17BrO6/c1-3-24-20(23)12(2)26-13-8-9-14-17(10-13)25-11-18(19(14)22)27-16-7-5-4-6-15(16)21/h4-12H,3H2,1-2H3/t12-/m1/s1. The number of rotatable bonds is 6. The summed E-state index contributed by atoms with van der Waals surface area (Å²) >= 11 is 3.37. The lowest BCUT2D eigenvalue weighted by atomic mass is 10.2. The van der Waals surface area contributed by atoms with E-state index >= 15 is 0 Å². The molecule has 1 atom stereocenters. The number of carbonyl (C=O) groups excluding carboxylic acids is 1. The zero-order chi connectivity index (χ0) is 19.4. The molecule has 0 aliphatic carbocycles. The summed E-state index contributed by atoms with van der Waals surface area (Å²) in [6, 6.07) is 11.9. The summed E-state index contributed by atoms with van der Waals surface area (Å²) in [7, 11) is 0. The number of hydrogen-bond acceptors (Lipinski definition) is 6. The van der Waals surface area contributed by atoms with Gasteiger partial charge in [0.15, 0.2) is 6.10 Å². The van der Waals surface area contributed by atoms with E-state index in [4.69, 9.17) is 18.6 Å². The molecule has 3 aromatic rings. The molecule has 3 rings (SSSR count). The highest BCUT2D eigenvalue weighted by atomic mass is 79.9. The predicted molar refractivity (Wildman–Crippen MR) is 103 cm³/mol. The number of esters is 1. The molecule has 7 heteroatoms. The first kappa shape index (κ1) is 19.0. The van der Waals surface area contributed by atoms with Gasteiger partial charge in [-0.1, -0.05) is 12.1 Å². The zero-order valence-electron chi connectivity index (χ0n) is 14.7. The number of para-hydroxylation sites is 1. The van der Waals surface area contributed by atoms with Crippen LogP contribution in [-0.4, -0.2) is 18.7 Å². The Labute approximate surface area is 163 Å². The van der Waals surface area contributed by atoms with Gasteiger partial charge in [-0.3, -0.25) is 4.79 Å². The molecule has 6 nitrogen and oxygen atoms in total. The minimum absolute atomic E-state index is 0.0722. The molecule has 0 saturated carbocycles. The van der Waals surface area contributed by atoms with E-state index in [0.29, 0.717) is 22.5 Å². The first-order valence-electron chi connectivity index (χ1n) is 8.31. The van der Waals surface area contributed by atoms with Gasteiger partial charge in [0, 0.05) is 6.07 Å². The Hall–Kier alpha value is -2.80. The Kier molecular flexibility index (Phi) is 5.81. The SMILES string of the molecule is CCOC(=O)[C@@H](C)Oc1ccc2c(=O)c(Oc3ccccc3Br)coc2c1. The van der Waals surface area contributed by atoms with Crippen molar-refractivity contribution in [3.8, 4) is 17.2 Å². The lowest BCUT2D eigenvalue weighted by Gasteiger charge is -2.13. The number of benzene rings is 2. The minimum atomic E-state index is -0.771. The second-order valence-electron chi connectivity index (χ2n) is 5.63. The highest BCUT2D eigenvalue weighted by Gasteiger charge is 2.17. The van der Waals surface area contributed by atoms with Crippen LogP contribution in [-0.2, 0) is 9.53 Å². The normalized spacial score (nSPS) is 11.8. The van der Waals surface area contributed by atoms with Gasteiger partial charge < -0.3 is 18.6 Å². The Morgan fingerprint density at radius 2 is 1.96 bits per heavy atom. The fourth-order valence-corrected chi connectivity index (χ4v) is 2.76. The summed E-state index contributed by atoms with van der Waals surface area (Å²) in [5, 5.41) is 0.343. The van der Waals surface area contributed by atoms with Crippen LogP contribution in [0.3, 0.4) is 0 Å². The molecule has 0 radical (unpaired) electrons. The van der Waals surface area contributed by atoms with E-state index in [1.807, 2.05) is 12.1 Å². The molecule has 0 bridgehead atoms. The van der Waals surface area contributed by atoms with Gasteiger partial charge in [-0.15, -0.1) is 0 Å². The quantitative estimate of drug-likeness (QED) is 0.526. The summed E-state index contributed by atoms with van der Waals surface area (Å²) in [6.45, 7) is 3.59. The van der Waals surface area contributed by atoms with E-state index in [9.17, 15) is 9.59 Å². The van der Waals surface area contributed by atoms with Crippen LogP contribution < -0.4 is 14.9 Å². The molecule has 140 valence electrons. The van der Waals surface area contributed by atoms with Gasteiger partial charge in [0.2, 0.25) is 11.2 Å². The van der Waals surface area contributed by atoms with Crippen molar-refractivity contribution >= 4 is 32.9 Å². The lowest BCUT2D eigenvalue weighted by Crippen LogP contribution is -2.26. The number of hydrogen-bond donors (Lipinski definition) is 0. The van der Waals surface area contributed by atoms with Crippen LogP contribution in [0.1, 0.15) is 13.8 Å². The van der Waals surface area contributed by atoms with Crippen LogP contribution >= 0.6 is 15.9 Å². The van der Waals surface area contributed by atoms with Crippen LogP contribution in [0.2, 0.25) is 0 Å². The maximum atomic E-state index is 12.7. The molecular formula is C20H17BrO6. The molecular weight excluding hydrogens is 416 g/mol. The fraction of sp³-hybridized carbons (Fsp3) is 0.200. The van der Waals surface area contributed by atoms with E-state index in [1.165, 1.54) is 6.26 Å². The molecule has 27 heavy (non-hydrogen) atoms. The van der Waals surface area contributed by atoms with Crippen molar-refractivity contribution in [2.75, 3.05) is 6.61 Å². The predicted octanol–water partition coefficient (Wildman–Crippen LogP) is 4.68. The van der Waals surface area contributed by atoms with Gasteiger partial charge in [-0.05, 0) is 54.0 Å². The summed E-state index contributed by atoms with van der Waals surface area (Å²) < 4.78 is 22.4. The van der Waals surface area contributed by atoms with Crippen molar-refractivity contribution in [2.45, 2.75) is 20.0 Å². The summed E-state index contributed by atoms with van der Waals surface area (Å²) in [5.74, 6) is 0.511. The number of carbonyl (C=O) groups is 1. The Morgan fingerprint density at radius 3 is 2.70 bits per heavy atom. The van der Waals surface area contributed by atoms with Crippen molar-refractivity contribution < 1.29 is 23.4 Å². The Bertz CT molecular complexity index is 1030. The molecule has 0 N–H and O–H groups in total. The third-order valence-corrected chi connectivity index (χ3v) is 4.36. The molecule has 1 aromatic heterocycles. The number of ether oxygens (including phenoxy) is 3. The summed E-state index contributed by atoms with van der Waals surface area (Å²) in [4.78, 5) is 24.3. The molecule has 0 aliphatic rings. The van der Waals surface area contributed by atoms with Gasteiger partial charge in [0.1, 0.15) is 23.3 Å². The second-order valence-corrected chi connectivity index (χ2v) is 6.49. The molecule has 1 heterocycles. The van der Waals surface area contributed by atoms with Gasteiger partial charge in [-0.25, -0.2) is 4.79 Å². The van der Waals surface area contributed by atoms with E-state index in [2.05, 4.69) is 15.9 Å². The number of halogens is 1. The molecule has 2 aromatic carbocycles. The van der Waals surface area contributed by atoms with Gasteiger partial charge in [0.05, 0.1) is 16.5 Å². The number of fused-ring (bicyclic) bond motifs is 1. The third-order valence-electron chi connectivity index (χ3n) is 3.70. The van der Waals surface area contributed by atoms with Crippen molar-refractivity contribution in [1.82, 2.24) is 0 Å². The fourth-order valence-electron chi connectivity index (χ4n) is 2.39. The third kappa shape index (κ3) is 4.31. The smallest absolute Gasteiger partial charge is 0.347 e. The molecule has 0 spiro atoms. The monoisotopic (exact) mass is 432 g/mol. The van der Waals surface area contributed by atoms with Crippen LogP contribution in [0.25, 0.3) is 11.0 Å². The molecule has 0 aliphatic heterocycles. The molecule has 0 amide bonds. The topological polar surface area (TPSA) is 75.0 Å². The average Bonchev–Trinajstić information content (AvgIpc) is 2.66. The highest BCUT2D eigenvalue weighted by molar-refractivity contribution is 9.10. The Balaban J connectivity index is 1.86. The first-order valence-corrected chi connectivity index (χ1v) is 9.10. The van der Waals surface area contributed by atoms with E-state index in [1.54, 1.807) is 44.2 Å². The summed E-state index contributed by atoms with van der Waals surface area (Å²) in [6.07, 6.45) is 0.481. The van der Waals surface area contributed by atoms with Crippen LogP contribution in [0, 0.1) is 0 Å². The van der Waals surface area contributed by atoms with E-state index in [0.717, 1.165) is 4.47 Å². The first-order chi connectivity index (χ1) is 13.0. The van der Waals surface area contributed by atoms with Crippen molar-refractivity contribution in [1.29, 1.82) is 0 Å². The highest BCUT2D eigenvalue weighted by Crippen LogP contribution is 2.29. The molecule has 0 unspecified atom stereocenters. The maximum Gasteiger partial charge on any atom is 0.347 e. The van der Waals surface area contributed by atoms with Gasteiger partial charge in [0.25, 0.3) is 0 Å². The van der Waals surface area contributed by atoms with Crippen molar-refractivity contribution in [2.24, 2.45) is 0 Å². The largest absolute Gasteiger partial charge is 0.479 e. The van der Waals surface area contributed by atoms with E-state index < -0.39 is 12.1 Å². The van der Waals surface area contributed by atoms with Gasteiger partial charge >= 0.3 is 5.97 Å². The zero-order valence-corrected chi connectivity index (χ0v) is 16.3. The van der Waals surface area contributed by atoms with Crippen LogP contribution in [0.4, 0.5) is 0 Å². The Morgan fingerprint density at radius 1 is 1.19 bits per heavy atom. The lowest BCUT2D eigenvalue weighted by molar-refractivity contribution is -0.150. The average molecular weight is 433 g/mol. The second kappa shape index (κ2) is 8.26. The van der Waals surface area contributed by atoms with Crippen LogP contribution in [0.15, 0.2) is 62.4 Å². The van der Waals surface area contributed by atoms with E-state index in [-0.39, 0.29) is 17.8 Å².